The fraction of sp³-hybridized carbons (Fsp3) is 0.250. The van der Waals surface area contributed by atoms with Gasteiger partial charge in [-0.2, -0.15) is 0 Å². The van der Waals surface area contributed by atoms with Crippen LogP contribution in [0.4, 0.5) is 5.69 Å². The van der Waals surface area contributed by atoms with Gasteiger partial charge in [-0.3, -0.25) is 4.98 Å². The monoisotopic (exact) mass is 247 g/mol. The molecule has 0 fully saturated rings. The van der Waals surface area contributed by atoms with Crippen LogP contribution in [-0.2, 0) is 6.54 Å². The predicted octanol–water partition coefficient (Wildman–Crippen LogP) is 2.00. The zero-order valence-corrected chi connectivity index (χ0v) is 10.1. The van der Waals surface area contributed by atoms with E-state index in [1.807, 2.05) is 0 Å². The summed E-state index contributed by atoms with van der Waals surface area (Å²) in [5.74, 6) is -0.294. The highest BCUT2D eigenvalue weighted by Gasteiger charge is 2.11. The number of aryl methyl sites for hydroxylation is 2. The lowest BCUT2D eigenvalue weighted by Gasteiger charge is -2.08. The van der Waals surface area contributed by atoms with Crippen molar-refractivity contribution in [1.82, 2.24) is 10.1 Å². The van der Waals surface area contributed by atoms with Gasteiger partial charge in [0, 0.05) is 18.0 Å². The van der Waals surface area contributed by atoms with Crippen LogP contribution in [0.2, 0.25) is 0 Å². The number of nitrogens with one attached hydrogen (secondary N) is 1. The summed E-state index contributed by atoms with van der Waals surface area (Å²) in [5, 5.41) is 15.9. The molecule has 0 aliphatic rings. The van der Waals surface area contributed by atoms with E-state index in [0.717, 1.165) is 17.1 Å². The lowest BCUT2D eigenvalue weighted by atomic mass is 10.2. The minimum Gasteiger partial charge on any atom is -0.478 e. The summed E-state index contributed by atoms with van der Waals surface area (Å²) in [7, 11) is 0. The third-order valence-corrected chi connectivity index (χ3v) is 2.41. The maximum atomic E-state index is 11.0. The standard InChI is InChI=1S/C12H13N3O3/c1-7-3-11(10(6-13-7)12(16)17)14-5-9-4-8(2)18-15-9/h3-4,6H,5H2,1-2H3,(H,13,14)(H,16,17). The van der Waals surface area contributed by atoms with E-state index in [1.54, 1.807) is 26.0 Å². The predicted molar refractivity (Wildman–Crippen MR) is 64.5 cm³/mol. The van der Waals surface area contributed by atoms with E-state index in [9.17, 15) is 4.79 Å². The number of carboxylic acids is 1. The third kappa shape index (κ3) is 2.65. The Morgan fingerprint density at radius 2 is 2.22 bits per heavy atom. The number of aromatic nitrogens is 2. The van der Waals surface area contributed by atoms with Crippen molar-refractivity contribution in [3.63, 3.8) is 0 Å². The number of pyridine rings is 1. The molecule has 0 spiro atoms. The number of anilines is 1. The molecule has 2 N–H and O–H groups in total. The fourth-order valence-corrected chi connectivity index (χ4v) is 1.56. The smallest absolute Gasteiger partial charge is 0.339 e. The first-order chi connectivity index (χ1) is 8.56. The second-order valence-corrected chi connectivity index (χ2v) is 3.96. The molecule has 0 aliphatic heterocycles. The lowest BCUT2D eigenvalue weighted by molar-refractivity contribution is 0.0697. The highest BCUT2D eigenvalue weighted by atomic mass is 16.5. The van der Waals surface area contributed by atoms with Gasteiger partial charge in [-0.25, -0.2) is 4.79 Å². The summed E-state index contributed by atoms with van der Waals surface area (Å²) in [4.78, 5) is 15.0. The van der Waals surface area contributed by atoms with Crippen molar-refractivity contribution in [2.24, 2.45) is 0 Å². The van der Waals surface area contributed by atoms with Gasteiger partial charge in [-0.05, 0) is 19.9 Å². The molecule has 0 aromatic carbocycles. The molecule has 0 bridgehead atoms. The minimum absolute atomic E-state index is 0.140. The van der Waals surface area contributed by atoms with E-state index in [0.29, 0.717) is 12.2 Å². The number of aromatic carboxylic acids is 1. The van der Waals surface area contributed by atoms with Gasteiger partial charge in [0.15, 0.2) is 0 Å². The van der Waals surface area contributed by atoms with Gasteiger partial charge in [0.05, 0.1) is 12.2 Å². The molecule has 0 saturated carbocycles. The zero-order valence-electron chi connectivity index (χ0n) is 10.1. The number of hydrogen-bond donors (Lipinski definition) is 2. The van der Waals surface area contributed by atoms with Crippen molar-refractivity contribution in [2.45, 2.75) is 20.4 Å². The van der Waals surface area contributed by atoms with Gasteiger partial charge in [0.25, 0.3) is 0 Å². The first-order valence-corrected chi connectivity index (χ1v) is 5.42. The van der Waals surface area contributed by atoms with E-state index in [-0.39, 0.29) is 5.56 Å². The molecule has 0 saturated heterocycles. The third-order valence-electron chi connectivity index (χ3n) is 2.41. The van der Waals surface area contributed by atoms with Crippen LogP contribution in [0.3, 0.4) is 0 Å². The summed E-state index contributed by atoms with van der Waals surface area (Å²) in [6.07, 6.45) is 1.34. The topological polar surface area (TPSA) is 88.2 Å². The second kappa shape index (κ2) is 4.87. The Bertz CT molecular complexity index is 578. The van der Waals surface area contributed by atoms with Gasteiger partial charge in [0.2, 0.25) is 0 Å². The van der Waals surface area contributed by atoms with Gasteiger partial charge in [-0.1, -0.05) is 5.16 Å². The molecular weight excluding hydrogens is 234 g/mol. The van der Waals surface area contributed by atoms with Crippen molar-refractivity contribution in [2.75, 3.05) is 5.32 Å². The average molecular weight is 247 g/mol. The van der Waals surface area contributed by atoms with Crippen LogP contribution in [0.15, 0.2) is 22.9 Å². The fourth-order valence-electron chi connectivity index (χ4n) is 1.56. The molecule has 0 radical (unpaired) electrons. The molecule has 0 atom stereocenters. The van der Waals surface area contributed by atoms with Crippen LogP contribution in [0.5, 0.6) is 0 Å². The highest BCUT2D eigenvalue weighted by Crippen LogP contribution is 2.16. The van der Waals surface area contributed by atoms with Crippen LogP contribution in [0, 0.1) is 13.8 Å². The molecule has 2 aromatic rings. The Hall–Kier alpha value is -2.37. The summed E-state index contributed by atoms with van der Waals surface area (Å²) < 4.78 is 4.94. The minimum atomic E-state index is -1.01. The second-order valence-electron chi connectivity index (χ2n) is 3.96. The molecular formula is C12H13N3O3. The molecule has 2 rings (SSSR count). The van der Waals surface area contributed by atoms with Crippen molar-refractivity contribution in [3.8, 4) is 0 Å². The van der Waals surface area contributed by atoms with Crippen LogP contribution in [0.1, 0.15) is 27.5 Å². The normalized spacial score (nSPS) is 10.3. The molecule has 2 aromatic heterocycles. The van der Waals surface area contributed by atoms with Crippen LogP contribution < -0.4 is 5.32 Å². The largest absolute Gasteiger partial charge is 0.478 e. The van der Waals surface area contributed by atoms with Crippen LogP contribution in [-0.4, -0.2) is 21.2 Å². The number of nitrogens with zero attached hydrogens (tertiary/aromatic N) is 2. The lowest BCUT2D eigenvalue weighted by Crippen LogP contribution is -2.07. The molecule has 94 valence electrons. The van der Waals surface area contributed by atoms with Gasteiger partial charge in [0.1, 0.15) is 17.0 Å². The first kappa shape index (κ1) is 12.1. The van der Waals surface area contributed by atoms with Gasteiger partial charge >= 0.3 is 5.97 Å². The Morgan fingerprint density at radius 3 is 2.83 bits per heavy atom. The van der Waals surface area contributed by atoms with Crippen LogP contribution in [0.25, 0.3) is 0 Å². The van der Waals surface area contributed by atoms with Gasteiger partial charge in [-0.15, -0.1) is 0 Å². The van der Waals surface area contributed by atoms with Crippen molar-refractivity contribution >= 4 is 11.7 Å². The van der Waals surface area contributed by atoms with E-state index in [2.05, 4.69) is 15.5 Å². The SMILES string of the molecule is Cc1cc(NCc2cc(C)on2)c(C(=O)O)cn1. The molecule has 2 heterocycles. The first-order valence-electron chi connectivity index (χ1n) is 5.42. The quantitative estimate of drug-likeness (QED) is 0.859. The molecule has 18 heavy (non-hydrogen) atoms. The zero-order chi connectivity index (χ0) is 13.1. The molecule has 6 heteroatoms. The Labute approximate surface area is 104 Å². The maximum Gasteiger partial charge on any atom is 0.339 e. The summed E-state index contributed by atoms with van der Waals surface area (Å²) in [6.45, 7) is 4.01. The number of carbonyl (C=O) groups is 1. The molecule has 0 unspecified atom stereocenters. The van der Waals surface area contributed by atoms with E-state index < -0.39 is 5.97 Å². The van der Waals surface area contributed by atoms with Crippen LogP contribution >= 0.6 is 0 Å². The van der Waals surface area contributed by atoms with E-state index in [4.69, 9.17) is 9.63 Å². The van der Waals surface area contributed by atoms with E-state index >= 15 is 0 Å². The summed E-state index contributed by atoms with van der Waals surface area (Å²) >= 11 is 0. The van der Waals surface area contributed by atoms with Gasteiger partial charge < -0.3 is 14.9 Å². The van der Waals surface area contributed by atoms with Crippen molar-refractivity contribution in [3.05, 3.63) is 41.0 Å². The Morgan fingerprint density at radius 1 is 1.44 bits per heavy atom. The van der Waals surface area contributed by atoms with Crippen molar-refractivity contribution in [1.29, 1.82) is 0 Å². The maximum absolute atomic E-state index is 11.0. The molecule has 6 nitrogen and oxygen atoms in total. The number of hydrogen-bond acceptors (Lipinski definition) is 5. The Balaban J connectivity index is 2.17. The average Bonchev–Trinajstić information content (AvgIpc) is 2.72. The molecule has 0 amide bonds. The van der Waals surface area contributed by atoms with Crippen molar-refractivity contribution < 1.29 is 14.4 Å². The summed E-state index contributed by atoms with van der Waals surface area (Å²) in [6, 6.07) is 3.48. The summed E-state index contributed by atoms with van der Waals surface area (Å²) in [5.41, 5.74) is 2.13. The highest BCUT2D eigenvalue weighted by molar-refractivity contribution is 5.93. The molecule has 0 aliphatic carbocycles. The van der Waals surface area contributed by atoms with E-state index in [1.165, 1.54) is 6.20 Å². The number of rotatable bonds is 4. The number of carboxylic acid groups (broad SMARTS) is 1. The Kier molecular flexibility index (Phi) is 3.27.